The zero-order valence-corrected chi connectivity index (χ0v) is 14.1. The number of carboxylic acid groups (broad SMARTS) is 1. The van der Waals surface area contributed by atoms with Crippen molar-refractivity contribution < 1.29 is 11.3 Å². The summed E-state index contributed by atoms with van der Waals surface area (Å²) in [6.07, 6.45) is -0.894. The molecular formula is C21H20O2P+. The fourth-order valence-corrected chi connectivity index (χ4v) is 7.03. The third-order valence-electron chi connectivity index (χ3n) is 4.13. The first-order chi connectivity index (χ1) is 12.1. The molecule has 0 saturated carbocycles. The van der Waals surface area contributed by atoms with E-state index in [2.05, 4.69) is 36.4 Å². The predicted molar refractivity (Wildman–Crippen MR) is 102 cm³/mol. The molecule has 0 aliphatic rings. The normalized spacial score (nSPS) is 13.1. The average Bonchev–Trinajstić information content (AvgIpc) is 2.68. The summed E-state index contributed by atoms with van der Waals surface area (Å²) in [5.74, 6) is -1.08. The van der Waals surface area contributed by atoms with Crippen molar-refractivity contribution in [2.75, 3.05) is 6.16 Å². The number of carbonyl (C=O) groups is 1. The zero-order chi connectivity index (χ0) is 17.7. The minimum atomic E-state index is -2.23. The Morgan fingerprint density at radius 1 is 0.750 bits per heavy atom. The summed E-state index contributed by atoms with van der Waals surface area (Å²) in [6, 6.07) is 30.1. The van der Waals surface area contributed by atoms with Crippen molar-refractivity contribution in [1.29, 1.82) is 0 Å². The number of aliphatic carboxylic acids is 1. The first-order valence-corrected chi connectivity index (χ1v) is 9.82. The van der Waals surface area contributed by atoms with Gasteiger partial charge in [-0.05, 0) is 36.4 Å². The first kappa shape index (κ1) is 15.1. The standard InChI is InChI=1S/C21H19O2P/c22-21(23)16-17-24(18-10-4-1-5-11-18,19-12-6-2-7-13-19)20-14-8-3-9-15-20/h1-15H,16-17H2/p+1/i16D. The van der Waals surface area contributed by atoms with Crippen molar-refractivity contribution in [2.24, 2.45) is 0 Å². The third kappa shape index (κ3) is 3.25. The molecule has 0 spiro atoms. The molecule has 1 N–H and O–H groups in total. The lowest BCUT2D eigenvalue weighted by atomic mass is 10.4. The van der Waals surface area contributed by atoms with Crippen molar-refractivity contribution in [3.8, 4) is 0 Å². The third-order valence-corrected chi connectivity index (χ3v) is 8.40. The molecule has 0 aromatic heterocycles. The quantitative estimate of drug-likeness (QED) is 0.700. The van der Waals surface area contributed by atoms with E-state index < -0.39 is 19.6 Å². The largest absolute Gasteiger partial charge is 0.481 e. The number of carboxylic acids is 1. The van der Waals surface area contributed by atoms with Gasteiger partial charge in [-0.2, -0.15) is 0 Å². The van der Waals surface area contributed by atoms with Crippen molar-refractivity contribution >= 4 is 29.1 Å². The predicted octanol–water partition coefficient (Wildman–Crippen LogP) is 3.46. The number of hydrogen-bond donors (Lipinski definition) is 1. The summed E-state index contributed by atoms with van der Waals surface area (Å²) >= 11 is 0. The summed E-state index contributed by atoms with van der Waals surface area (Å²) in [6.45, 7) is 0. The van der Waals surface area contributed by atoms with Crippen molar-refractivity contribution in [2.45, 2.75) is 6.40 Å². The maximum atomic E-state index is 11.5. The van der Waals surface area contributed by atoms with Crippen LogP contribution in [0, 0.1) is 0 Å². The minimum absolute atomic E-state index is 0.278. The number of rotatable bonds is 6. The van der Waals surface area contributed by atoms with Gasteiger partial charge in [0.1, 0.15) is 23.2 Å². The topological polar surface area (TPSA) is 37.3 Å². The molecule has 3 rings (SSSR count). The second kappa shape index (κ2) is 7.42. The first-order valence-electron chi connectivity index (χ1n) is 8.42. The van der Waals surface area contributed by atoms with Gasteiger partial charge >= 0.3 is 5.97 Å². The second-order valence-corrected chi connectivity index (χ2v) is 9.08. The van der Waals surface area contributed by atoms with E-state index in [4.69, 9.17) is 1.37 Å². The van der Waals surface area contributed by atoms with Crippen molar-refractivity contribution in [3.63, 3.8) is 0 Å². The molecule has 1 unspecified atom stereocenters. The molecule has 0 aliphatic heterocycles. The Morgan fingerprint density at radius 2 is 1.08 bits per heavy atom. The van der Waals surface area contributed by atoms with Crippen molar-refractivity contribution in [3.05, 3.63) is 91.0 Å². The molecular weight excluding hydrogens is 315 g/mol. The van der Waals surface area contributed by atoms with Crippen LogP contribution in [0.4, 0.5) is 0 Å². The van der Waals surface area contributed by atoms with E-state index in [1.807, 2.05) is 54.6 Å². The minimum Gasteiger partial charge on any atom is -0.481 e. The second-order valence-electron chi connectivity index (χ2n) is 5.54. The van der Waals surface area contributed by atoms with E-state index in [0.717, 1.165) is 15.9 Å². The summed E-state index contributed by atoms with van der Waals surface area (Å²) < 4.78 is 8.16. The van der Waals surface area contributed by atoms with Gasteiger partial charge in [-0.3, -0.25) is 4.79 Å². The van der Waals surface area contributed by atoms with Crippen LogP contribution in [-0.2, 0) is 4.79 Å². The van der Waals surface area contributed by atoms with Gasteiger partial charge in [-0.25, -0.2) is 0 Å². The van der Waals surface area contributed by atoms with Gasteiger partial charge in [-0.15, -0.1) is 0 Å². The molecule has 3 aromatic rings. The van der Waals surface area contributed by atoms with Gasteiger partial charge in [0.05, 0.1) is 12.6 Å². The SMILES string of the molecule is [2H]C(C[P+](c1ccccc1)(c1ccccc1)c1ccccc1)C(=O)O. The summed E-state index contributed by atoms with van der Waals surface area (Å²) in [4.78, 5) is 11.5. The van der Waals surface area contributed by atoms with Crippen molar-refractivity contribution in [1.82, 2.24) is 0 Å². The zero-order valence-electron chi connectivity index (χ0n) is 14.2. The van der Waals surface area contributed by atoms with Crippen LogP contribution in [-0.4, -0.2) is 17.2 Å². The van der Waals surface area contributed by atoms with E-state index >= 15 is 0 Å². The lowest BCUT2D eigenvalue weighted by Crippen LogP contribution is -2.34. The smallest absolute Gasteiger partial charge is 0.307 e. The fraction of sp³-hybridized carbons (Fsp3) is 0.0952. The van der Waals surface area contributed by atoms with E-state index in [1.165, 1.54) is 0 Å². The fourth-order valence-electron chi connectivity index (χ4n) is 3.03. The molecule has 0 amide bonds. The molecule has 3 aromatic carbocycles. The van der Waals surface area contributed by atoms with Crippen LogP contribution in [0.5, 0.6) is 0 Å². The Bertz CT molecular complexity index is 726. The lowest BCUT2D eigenvalue weighted by molar-refractivity contribution is -0.136. The van der Waals surface area contributed by atoms with Gasteiger partial charge in [0.25, 0.3) is 0 Å². The Kier molecular flexibility index (Phi) is 4.67. The highest BCUT2D eigenvalue weighted by atomic mass is 31.2. The Labute approximate surface area is 144 Å². The molecule has 2 nitrogen and oxygen atoms in total. The van der Waals surface area contributed by atoms with Crippen LogP contribution < -0.4 is 15.9 Å². The van der Waals surface area contributed by atoms with Crippen LogP contribution in [0.2, 0.25) is 0 Å². The lowest BCUT2D eigenvalue weighted by Gasteiger charge is -2.27. The maximum absolute atomic E-state index is 11.5. The molecule has 0 heterocycles. The van der Waals surface area contributed by atoms with Gasteiger partial charge < -0.3 is 5.11 Å². The molecule has 24 heavy (non-hydrogen) atoms. The molecule has 0 radical (unpaired) electrons. The summed E-state index contributed by atoms with van der Waals surface area (Å²) in [5, 5.41) is 12.7. The van der Waals surface area contributed by atoms with E-state index in [1.54, 1.807) is 0 Å². The molecule has 0 bridgehead atoms. The van der Waals surface area contributed by atoms with Crippen LogP contribution in [0.3, 0.4) is 0 Å². The average molecular weight is 336 g/mol. The molecule has 120 valence electrons. The molecule has 0 saturated heterocycles. The number of benzene rings is 3. The molecule has 3 heteroatoms. The highest BCUT2D eigenvalue weighted by Gasteiger charge is 2.45. The van der Waals surface area contributed by atoms with Crippen LogP contribution >= 0.6 is 7.26 Å². The van der Waals surface area contributed by atoms with E-state index in [9.17, 15) is 9.90 Å². The Hall–Kier alpha value is -2.44. The Morgan fingerprint density at radius 3 is 1.38 bits per heavy atom. The Balaban J connectivity index is 2.29. The maximum Gasteiger partial charge on any atom is 0.307 e. The van der Waals surface area contributed by atoms with Gasteiger partial charge in [0, 0.05) is 1.37 Å². The van der Waals surface area contributed by atoms with Gasteiger partial charge in [0.15, 0.2) is 0 Å². The highest BCUT2D eigenvalue weighted by molar-refractivity contribution is 7.95. The highest BCUT2D eigenvalue weighted by Crippen LogP contribution is 2.55. The molecule has 1 atom stereocenters. The van der Waals surface area contributed by atoms with Gasteiger partial charge in [-0.1, -0.05) is 54.6 Å². The van der Waals surface area contributed by atoms with Gasteiger partial charge in [0.2, 0.25) is 0 Å². The molecule has 0 aliphatic carbocycles. The van der Waals surface area contributed by atoms with Crippen LogP contribution in [0.15, 0.2) is 91.0 Å². The monoisotopic (exact) mass is 336 g/mol. The van der Waals surface area contributed by atoms with Crippen LogP contribution in [0.25, 0.3) is 0 Å². The number of hydrogen-bond acceptors (Lipinski definition) is 1. The van der Waals surface area contributed by atoms with E-state index in [0.29, 0.717) is 0 Å². The van der Waals surface area contributed by atoms with E-state index in [-0.39, 0.29) is 6.16 Å². The molecule has 0 fully saturated rings. The summed E-state index contributed by atoms with van der Waals surface area (Å²) in [7, 11) is -2.23. The van der Waals surface area contributed by atoms with Crippen LogP contribution in [0.1, 0.15) is 7.77 Å². The summed E-state index contributed by atoms with van der Waals surface area (Å²) in [5.41, 5.74) is 0.